The molecule has 0 saturated carbocycles. The number of nitrogens with two attached hydrogens (primary N) is 2. The minimum atomic E-state index is -0.472. The zero-order valence-electron chi connectivity index (χ0n) is 2.23. The van der Waals surface area contributed by atoms with Crippen LogP contribution in [0.3, 0.4) is 0 Å². The second-order valence-corrected chi connectivity index (χ2v) is 3.33. The molecule has 0 bridgehead atoms. The van der Waals surface area contributed by atoms with Gasteiger partial charge < -0.3 is 12.3 Å². The van der Waals surface area contributed by atoms with E-state index in [4.69, 9.17) is 18.8 Å². The van der Waals surface area contributed by atoms with Gasteiger partial charge in [-0.1, -0.05) is 0 Å². The fourth-order valence-electron chi connectivity index (χ4n) is 0. The molecule has 0 aliphatic rings. The van der Waals surface area contributed by atoms with Gasteiger partial charge in [0.1, 0.15) is 0 Å². The van der Waals surface area contributed by atoms with Gasteiger partial charge in [0.15, 0.2) is 0 Å². The standard InChI is InChI=1S/2ClH.2H2N.Pt/h2*1H;2*1H2;/q;;2*-1;+4/p-2. The number of hydrogen-bond donors (Lipinski definition) is 0. The van der Waals surface area contributed by atoms with Gasteiger partial charge >= 0.3 is 35.3 Å². The maximum absolute atomic E-state index is 4.88. The summed E-state index contributed by atoms with van der Waals surface area (Å²) >= 11 is -0.472. The molecule has 0 saturated heterocycles. The van der Waals surface area contributed by atoms with Gasteiger partial charge in [-0.3, -0.25) is 0 Å². The summed E-state index contributed by atoms with van der Waals surface area (Å²) in [6.45, 7) is 0. The van der Waals surface area contributed by atoms with Crippen LogP contribution in [0.1, 0.15) is 0 Å². The van der Waals surface area contributed by atoms with Gasteiger partial charge in [0.25, 0.3) is 0 Å². The molecule has 0 aliphatic carbocycles. The third-order valence-corrected chi connectivity index (χ3v) is 0. The Labute approximate surface area is 47.8 Å². The van der Waals surface area contributed by atoms with Gasteiger partial charge in [-0.15, -0.1) is 0 Å². The van der Waals surface area contributed by atoms with Gasteiger partial charge in [-0.25, -0.2) is 0 Å². The summed E-state index contributed by atoms with van der Waals surface area (Å²) in [4.78, 5) is 0. The second-order valence-electron chi connectivity index (χ2n) is 0.0452. The number of rotatable bonds is 0. The second kappa shape index (κ2) is 19.0. The molecule has 0 rings (SSSR count). The molecule has 0 aromatic heterocycles. The Kier molecular flexibility index (Phi) is 62.3. The van der Waals surface area contributed by atoms with E-state index in [1.54, 1.807) is 0 Å². The topological polar surface area (TPSA) is 67.0 Å². The van der Waals surface area contributed by atoms with Crippen LogP contribution in [-0.2, 0) is 16.5 Å². The quantitative estimate of drug-likeness (QED) is 0.660. The first-order chi connectivity index (χ1) is 1.41. The molecule has 2 nitrogen and oxygen atoms in total. The van der Waals surface area contributed by atoms with Gasteiger partial charge in [0.05, 0.1) is 0 Å². The minimum absolute atomic E-state index is 0. The molecule has 0 unspecified atom stereocenters. The normalized spacial score (nSPS) is 4.40. The van der Waals surface area contributed by atoms with Crippen molar-refractivity contribution >= 4 is 18.8 Å². The molecule has 0 aromatic rings. The Bertz CT molecular complexity index is 7.61. The molecule has 0 amide bonds. The first kappa shape index (κ1) is 16.4. The summed E-state index contributed by atoms with van der Waals surface area (Å²) in [5, 5.41) is 0. The van der Waals surface area contributed by atoms with E-state index >= 15 is 0 Å². The van der Waals surface area contributed by atoms with Crippen LogP contribution < -0.4 is 0 Å². The van der Waals surface area contributed by atoms with Crippen molar-refractivity contribution in [3.05, 3.63) is 12.3 Å². The zero-order valence-corrected chi connectivity index (χ0v) is 6.01. The maximum atomic E-state index is 4.88. The molecule has 0 heterocycles. The average molecular weight is 298 g/mol. The van der Waals surface area contributed by atoms with E-state index in [2.05, 4.69) is 0 Å². The van der Waals surface area contributed by atoms with Crippen LogP contribution in [0.2, 0.25) is 0 Å². The molecule has 4 N–H and O–H groups in total. The van der Waals surface area contributed by atoms with Crippen molar-refractivity contribution in [3.8, 4) is 0 Å². The van der Waals surface area contributed by atoms with E-state index in [0.717, 1.165) is 0 Å². The van der Waals surface area contributed by atoms with Crippen molar-refractivity contribution in [3.63, 3.8) is 0 Å². The van der Waals surface area contributed by atoms with Crippen molar-refractivity contribution in [1.29, 1.82) is 0 Å². The zero-order chi connectivity index (χ0) is 2.71. The number of hydrogen-bond acceptors (Lipinski definition) is 0. The fraction of sp³-hybridized carbons (Fsp3) is 0. The third-order valence-electron chi connectivity index (χ3n) is 0. The molecule has 0 fully saturated rings. The fourth-order valence-corrected chi connectivity index (χ4v) is 0. The Morgan fingerprint density at radius 2 is 1.00 bits per heavy atom. The van der Waals surface area contributed by atoms with Crippen molar-refractivity contribution < 1.29 is 16.5 Å². The van der Waals surface area contributed by atoms with Gasteiger partial charge in [0, 0.05) is 0 Å². The first-order valence-electron chi connectivity index (χ1n) is 0.239. The SMILES string of the molecule is [Cl][Pt+2][Cl].[NH2-].[NH2-]. The van der Waals surface area contributed by atoms with E-state index in [1.165, 1.54) is 0 Å². The monoisotopic (exact) mass is 297 g/mol. The predicted molar refractivity (Wildman–Crippen MR) is 22.3 cm³/mol. The molecule has 0 aliphatic heterocycles. The Balaban J connectivity index is -0.0000000200. The molecular weight excluding hydrogens is 294 g/mol. The predicted octanol–water partition coefficient (Wildman–Crippen LogP) is 2.81. The van der Waals surface area contributed by atoms with Crippen LogP contribution in [0, 0.1) is 0 Å². The summed E-state index contributed by atoms with van der Waals surface area (Å²) in [5.41, 5.74) is 0. The van der Waals surface area contributed by atoms with Crippen molar-refractivity contribution in [2.24, 2.45) is 0 Å². The van der Waals surface area contributed by atoms with Crippen molar-refractivity contribution in [2.45, 2.75) is 0 Å². The van der Waals surface area contributed by atoms with Gasteiger partial charge in [-0.05, 0) is 0 Å². The summed E-state index contributed by atoms with van der Waals surface area (Å²) < 4.78 is 0. The number of halogens is 2. The molecule has 0 radical (unpaired) electrons. The molecule has 5 heteroatoms. The largest absolute Gasteiger partial charge is 0.693 e. The average Bonchev–Trinajstić information content (AvgIpc) is 0.918. The van der Waals surface area contributed by atoms with Crippen LogP contribution in [0.15, 0.2) is 0 Å². The summed E-state index contributed by atoms with van der Waals surface area (Å²) in [5.74, 6) is 0. The Hall–Kier alpha value is 1.19. The van der Waals surface area contributed by atoms with Crippen LogP contribution >= 0.6 is 18.8 Å². The molecule has 5 heavy (non-hydrogen) atoms. The maximum Gasteiger partial charge on any atom is -0.693 e. The Morgan fingerprint density at radius 3 is 1.00 bits per heavy atom. The third kappa shape index (κ3) is 37.3. The molecule has 0 aromatic carbocycles. The van der Waals surface area contributed by atoms with Crippen molar-refractivity contribution in [1.82, 2.24) is 0 Å². The molecule has 0 atom stereocenters. The van der Waals surface area contributed by atoms with Crippen LogP contribution in [0.5, 0.6) is 0 Å². The van der Waals surface area contributed by atoms with E-state index in [-0.39, 0.29) is 12.3 Å². The van der Waals surface area contributed by atoms with Gasteiger partial charge in [-0.2, -0.15) is 0 Å². The first-order valence-corrected chi connectivity index (χ1v) is 5.87. The molecule has 0 spiro atoms. The Morgan fingerprint density at radius 1 is 1.00 bits per heavy atom. The molecular formula is H4Cl2N2Pt. The van der Waals surface area contributed by atoms with Gasteiger partial charge in [0.2, 0.25) is 0 Å². The van der Waals surface area contributed by atoms with E-state index in [0.29, 0.717) is 0 Å². The van der Waals surface area contributed by atoms with E-state index in [9.17, 15) is 0 Å². The van der Waals surface area contributed by atoms with Crippen LogP contribution in [-0.4, -0.2) is 0 Å². The summed E-state index contributed by atoms with van der Waals surface area (Å²) in [6.07, 6.45) is 0. The van der Waals surface area contributed by atoms with Crippen LogP contribution in [0.4, 0.5) is 0 Å². The molecule has 38 valence electrons. The van der Waals surface area contributed by atoms with Crippen molar-refractivity contribution in [2.75, 3.05) is 0 Å². The van der Waals surface area contributed by atoms with Crippen LogP contribution in [0.25, 0.3) is 12.3 Å². The summed E-state index contributed by atoms with van der Waals surface area (Å²) in [6, 6.07) is 0. The minimum Gasteiger partial charge on any atom is -0.693 e. The van der Waals surface area contributed by atoms with E-state index < -0.39 is 16.5 Å². The smallest absolute Gasteiger partial charge is 0.693 e. The van der Waals surface area contributed by atoms with E-state index in [1.807, 2.05) is 0 Å². The summed E-state index contributed by atoms with van der Waals surface area (Å²) in [7, 11) is 9.75.